The second-order valence-electron chi connectivity index (χ2n) is 6.08. The SMILES string of the molecule is CC[C@H](c1ccc2cc(I)ccc2c1)C(C)(C)C. The van der Waals surface area contributed by atoms with E-state index in [-0.39, 0.29) is 0 Å². The Hall–Kier alpha value is -0.570. The summed E-state index contributed by atoms with van der Waals surface area (Å²) in [6.45, 7) is 9.28. The first-order valence-corrected chi connectivity index (χ1v) is 7.69. The molecule has 0 amide bonds. The van der Waals surface area contributed by atoms with Gasteiger partial charge in [0.25, 0.3) is 0 Å². The van der Waals surface area contributed by atoms with Crippen LogP contribution in [0.25, 0.3) is 10.8 Å². The standard InChI is InChI=1S/C17H21I/c1-5-16(17(2,3)4)14-7-6-13-11-15(18)9-8-12(13)10-14/h6-11,16H,5H2,1-4H3/t16-/m1/s1. The third-order valence-electron chi connectivity index (χ3n) is 3.68. The molecule has 0 saturated heterocycles. The second-order valence-corrected chi connectivity index (χ2v) is 7.32. The summed E-state index contributed by atoms with van der Waals surface area (Å²) < 4.78 is 1.30. The Balaban J connectivity index is 2.49. The topological polar surface area (TPSA) is 0 Å². The zero-order chi connectivity index (χ0) is 13.3. The summed E-state index contributed by atoms with van der Waals surface area (Å²) in [5.74, 6) is 0.626. The number of halogens is 1. The number of hydrogen-bond acceptors (Lipinski definition) is 0. The number of rotatable bonds is 2. The molecule has 0 unspecified atom stereocenters. The van der Waals surface area contributed by atoms with E-state index in [9.17, 15) is 0 Å². The number of fused-ring (bicyclic) bond motifs is 1. The molecule has 1 heteroatoms. The highest BCUT2D eigenvalue weighted by atomic mass is 127. The summed E-state index contributed by atoms with van der Waals surface area (Å²) in [6.07, 6.45) is 1.19. The Morgan fingerprint density at radius 2 is 1.61 bits per heavy atom. The maximum Gasteiger partial charge on any atom is 0.0136 e. The minimum absolute atomic E-state index is 0.325. The fraction of sp³-hybridized carbons (Fsp3) is 0.412. The molecule has 2 aromatic carbocycles. The van der Waals surface area contributed by atoms with Crippen LogP contribution in [0, 0.1) is 8.99 Å². The Labute approximate surface area is 124 Å². The van der Waals surface area contributed by atoms with Gasteiger partial charge >= 0.3 is 0 Å². The Kier molecular flexibility index (Phi) is 4.00. The lowest BCUT2D eigenvalue weighted by molar-refractivity contribution is 0.313. The molecule has 0 N–H and O–H groups in total. The third kappa shape index (κ3) is 2.87. The van der Waals surface area contributed by atoms with Gasteiger partial charge in [-0.05, 0) is 68.8 Å². The van der Waals surface area contributed by atoms with E-state index in [0.29, 0.717) is 11.3 Å². The van der Waals surface area contributed by atoms with Crippen molar-refractivity contribution in [2.75, 3.05) is 0 Å². The molecule has 0 fully saturated rings. The van der Waals surface area contributed by atoms with Crippen molar-refractivity contribution in [2.45, 2.75) is 40.0 Å². The predicted octanol–water partition coefficient (Wildman–Crippen LogP) is 5.98. The Bertz CT molecular complexity index is 549. The fourth-order valence-electron chi connectivity index (χ4n) is 2.80. The van der Waals surface area contributed by atoms with Crippen molar-refractivity contribution in [3.8, 4) is 0 Å². The van der Waals surface area contributed by atoms with Crippen LogP contribution in [0.15, 0.2) is 36.4 Å². The Morgan fingerprint density at radius 3 is 2.22 bits per heavy atom. The van der Waals surface area contributed by atoms with Gasteiger partial charge in [0.2, 0.25) is 0 Å². The minimum atomic E-state index is 0.325. The molecule has 0 aromatic heterocycles. The molecule has 0 radical (unpaired) electrons. The van der Waals surface area contributed by atoms with E-state index >= 15 is 0 Å². The first kappa shape index (κ1) is 13.9. The van der Waals surface area contributed by atoms with Gasteiger partial charge < -0.3 is 0 Å². The van der Waals surface area contributed by atoms with E-state index in [1.807, 2.05) is 0 Å². The van der Waals surface area contributed by atoms with Gasteiger partial charge in [-0.1, -0.05) is 52.0 Å². The maximum atomic E-state index is 2.37. The molecule has 1 atom stereocenters. The van der Waals surface area contributed by atoms with Gasteiger partial charge in [0.15, 0.2) is 0 Å². The van der Waals surface area contributed by atoms with Crippen molar-refractivity contribution in [3.63, 3.8) is 0 Å². The van der Waals surface area contributed by atoms with Crippen molar-refractivity contribution in [2.24, 2.45) is 5.41 Å². The fourth-order valence-corrected chi connectivity index (χ4v) is 3.32. The van der Waals surface area contributed by atoms with Gasteiger partial charge in [-0.2, -0.15) is 0 Å². The van der Waals surface area contributed by atoms with Crippen LogP contribution >= 0.6 is 22.6 Å². The zero-order valence-electron chi connectivity index (χ0n) is 11.6. The number of benzene rings is 2. The van der Waals surface area contributed by atoms with E-state index in [2.05, 4.69) is 86.7 Å². The smallest absolute Gasteiger partial charge is 0.0136 e. The molecule has 2 aromatic rings. The molecule has 18 heavy (non-hydrogen) atoms. The highest BCUT2D eigenvalue weighted by Gasteiger charge is 2.24. The van der Waals surface area contributed by atoms with Crippen molar-refractivity contribution < 1.29 is 0 Å². The van der Waals surface area contributed by atoms with Gasteiger partial charge in [-0.3, -0.25) is 0 Å². The Morgan fingerprint density at radius 1 is 1.00 bits per heavy atom. The van der Waals surface area contributed by atoms with E-state index in [1.54, 1.807) is 0 Å². The van der Waals surface area contributed by atoms with Crippen LogP contribution in [0.2, 0.25) is 0 Å². The lowest BCUT2D eigenvalue weighted by Crippen LogP contribution is -2.17. The van der Waals surface area contributed by atoms with Gasteiger partial charge in [0.1, 0.15) is 0 Å². The van der Waals surface area contributed by atoms with Crippen LogP contribution in [0.3, 0.4) is 0 Å². The van der Waals surface area contributed by atoms with Crippen LogP contribution in [0.1, 0.15) is 45.6 Å². The van der Waals surface area contributed by atoms with Gasteiger partial charge in [-0.25, -0.2) is 0 Å². The molecule has 0 bridgehead atoms. The summed E-state index contributed by atoms with van der Waals surface area (Å²) >= 11 is 2.37. The van der Waals surface area contributed by atoms with E-state index in [1.165, 1.54) is 26.3 Å². The highest BCUT2D eigenvalue weighted by Crippen LogP contribution is 2.38. The van der Waals surface area contributed by atoms with Crippen LogP contribution in [-0.2, 0) is 0 Å². The third-order valence-corrected chi connectivity index (χ3v) is 4.35. The van der Waals surface area contributed by atoms with Crippen molar-refractivity contribution >= 4 is 33.4 Å². The van der Waals surface area contributed by atoms with E-state index < -0.39 is 0 Å². The first-order valence-electron chi connectivity index (χ1n) is 6.61. The van der Waals surface area contributed by atoms with E-state index in [4.69, 9.17) is 0 Å². The average Bonchev–Trinajstić information content (AvgIpc) is 2.28. The van der Waals surface area contributed by atoms with Crippen molar-refractivity contribution in [3.05, 3.63) is 45.5 Å². The second kappa shape index (κ2) is 5.20. The summed E-state index contributed by atoms with van der Waals surface area (Å²) in [5, 5.41) is 2.70. The van der Waals surface area contributed by atoms with Crippen molar-refractivity contribution in [1.29, 1.82) is 0 Å². The molecule has 0 saturated carbocycles. The van der Waals surface area contributed by atoms with Crippen LogP contribution in [0.4, 0.5) is 0 Å². The van der Waals surface area contributed by atoms with Crippen LogP contribution < -0.4 is 0 Å². The average molecular weight is 352 g/mol. The normalized spacial score (nSPS) is 13.8. The summed E-state index contributed by atoms with van der Waals surface area (Å²) in [7, 11) is 0. The summed E-state index contributed by atoms with van der Waals surface area (Å²) in [4.78, 5) is 0. The monoisotopic (exact) mass is 352 g/mol. The van der Waals surface area contributed by atoms with E-state index in [0.717, 1.165) is 0 Å². The summed E-state index contributed by atoms with van der Waals surface area (Å²) in [6, 6.07) is 13.6. The first-order chi connectivity index (χ1) is 8.41. The quantitative estimate of drug-likeness (QED) is 0.583. The molecule has 0 aliphatic heterocycles. The molecule has 2 rings (SSSR count). The molecule has 0 nitrogen and oxygen atoms in total. The largest absolute Gasteiger partial charge is 0.0648 e. The number of hydrogen-bond donors (Lipinski definition) is 0. The molecule has 0 aliphatic rings. The lowest BCUT2D eigenvalue weighted by Gasteiger charge is -2.30. The molecular weight excluding hydrogens is 331 g/mol. The zero-order valence-corrected chi connectivity index (χ0v) is 13.8. The van der Waals surface area contributed by atoms with Gasteiger partial charge in [0.05, 0.1) is 0 Å². The summed E-state index contributed by atoms with van der Waals surface area (Å²) in [5.41, 5.74) is 1.80. The van der Waals surface area contributed by atoms with Gasteiger partial charge in [0, 0.05) is 3.57 Å². The van der Waals surface area contributed by atoms with Crippen LogP contribution in [-0.4, -0.2) is 0 Å². The highest BCUT2D eigenvalue weighted by molar-refractivity contribution is 14.1. The molecular formula is C17H21I. The van der Waals surface area contributed by atoms with Crippen LogP contribution in [0.5, 0.6) is 0 Å². The minimum Gasteiger partial charge on any atom is -0.0648 e. The van der Waals surface area contributed by atoms with Gasteiger partial charge in [-0.15, -0.1) is 0 Å². The lowest BCUT2D eigenvalue weighted by atomic mass is 9.75. The molecule has 0 heterocycles. The molecule has 96 valence electrons. The van der Waals surface area contributed by atoms with Crippen molar-refractivity contribution in [1.82, 2.24) is 0 Å². The molecule has 0 spiro atoms. The predicted molar refractivity (Wildman–Crippen MR) is 89.2 cm³/mol. The molecule has 0 aliphatic carbocycles. The maximum absolute atomic E-state index is 2.37.